The van der Waals surface area contributed by atoms with Crippen molar-refractivity contribution in [2.75, 3.05) is 18.5 Å². The summed E-state index contributed by atoms with van der Waals surface area (Å²) in [7, 11) is 2.14. The molecule has 0 aliphatic heterocycles. The van der Waals surface area contributed by atoms with Crippen LogP contribution in [-0.4, -0.2) is 13.6 Å². The van der Waals surface area contributed by atoms with Crippen molar-refractivity contribution in [3.05, 3.63) is 65.7 Å². The Morgan fingerprint density at radius 3 is 2.21 bits per heavy atom. The van der Waals surface area contributed by atoms with Gasteiger partial charge in [-0.15, -0.1) is 0 Å². The van der Waals surface area contributed by atoms with Gasteiger partial charge >= 0.3 is 0 Å². The molecule has 2 heteroatoms. The van der Waals surface area contributed by atoms with Crippen molar-refractivity contribution < 1.29 is 0 Å². The average molecular weight is 254 g/mol. The fourth-order valence-electron chi connectivity index (χ4n) is 2.17. The van der Waals surface area contributed by atoms with E-state index < -0.39 is 0 Å². The van der Waals surface area contributed by atoms with E-state index in [1.165, 1.54) is 16.8 Å². The summed E-state index contributed by atoms with van der Waals surface area (Å²) in [6.07, 6.45) is 0. The Balaban J connectivity index is 2.10. The van der Waals surface area contributed by atoms with Crippen LogP contribution in [0.3, 0.4) is 0 Å². The highest BCUT2D eigenvalue weighted by Crippen LogP contribution is 2.17. The number of anilines is 1. The fraction of sp³-hybridized carbons (Fsp3) is 0.294. The maximum Gasteiger partial charge on any atom is 0.0429 e. The Morgan fingerprint density at radius 1 is 0.895 bits per heavy atom. The minimum atomic E-state index is 0.936. The first-order valence-corrected chi connectivity index (χ1v) is 6.85. The van der Waals surface area contributed by atoms with Crippen LogP contribution in [-0.2, 0) is 13.1 Å². The van der Waals surface area contributed by atoms with E-state index in [0.29, 0.717) is 0 Å². The van der Waals surface area contributed by atoms with Crippen molar-refractivity contribution in [2.45, 2.75) is 20.0 Å². The molecule has 0 atom stereocenters. The van der Waals surface area contributed by atoms with Crippen molar-refractivity contribution in [2.24, 2.45) is 0 Å². The molecule has 1 N–H and O–H groups in total. The summed E-state index contributed by atoms with van der Waals surface area (Å²) >= 11 is 0. The van der Waals surface area contributed by atoms with Crippen LogP contribution in [0.1, 0.15) is 18.1 Å². The van der Waals surface area contributed by atoms with Crippen molar-refractivity contribution >= 4 is 5.69 Å². The molecule has 0 aliphatic rings. The third kappa shape index (κ3) is 3.83. The van der Waals surface area contributed by atoms with Gasteiger partial charge < -0.3 is 10.2 Å². The second kappa shape index (κ2) is 6.95. The third-order valence-corrected chi connectivity index (χ3v) is 3.29. The Labute approximate surface area is 116 Å². The van der Waals surface area contributed by atoms with Crippen LogP contribution in [0, 0.1) is 0 Å². The average Bonchev–Trinajstić information content (AvgIpc) is 2.47. The van der Waals surface area contributed by atoms with Gasteiger partial charge in [0.2, 0.25) is 0 Å². The van der Waals surface area contributed by atoms with Gasteiger partial charge in [0, 0.05) is 25.8 Å². The molecule has 2 aromatic carbocycles. The Hall–Kier alpha value is -1.80. The molecule has 0 saturated heterocycles. The lowest BCUT2D eigenvalue weighted by molar-refractivity contribution is 0.717. The van der Waals surface area contributed by atoms with Crippen molar-refractivity contribution in [1.29, 1.82) is 0 Å². The smallest absolute Gasteiger partial charge is 0.0429 e. The van der Waals surface area contributed by atoms with E-state index in [4.69, 9.17) is 0 Å². The maximum atomic E-state index is 3.40. The van der Waals surface area contributed by atoms with E-state index in [-0.39, 0.29) is 0 Å². The maximum absolute atomic E-state index is 3.40. The molecule has 0 saturated carbocycles. The van der Waals surface area contributed by atoms with E-state index in [1.54, 1.807) is 0 Å². The van der Waals surface area contributed by atoms with E-state index in [9.17, 15) is 0 Å². The lowest BCUT2D eigenvalue weighted by atomic mass is 10.1. The molecular weight excluding hydrogens is 232 g/mol. The normalized spacial score (nSPS) is 10.4. The molecule has 0 heterocycles. The molecule has 2 nitrogen and oxygen atoms in total. The fourth-order valence-corrected chi connectivity index (χ4v) is 2.17. The molecule has 2 aromatic rings. The van der Waals surface area contributed by atoms with Crippen LogP contribution in [0.15, 0.2) is 54.6 Å². The van der Waals surface area contributed by atoms with E-state index in [1.807, 2.05) is 0 Å². The van der Waals surface area contributed by atoms with E-state index in [2.05, 4.69) is 78.8 Å². The van der Waals surface area contributed by atoms with Gasteiger partial charge in [0.25, 0.3) is 0 Å². The standard InChI is InChI=1S/C17H22N2/c1-3-18-13-15-9-7-8-10-16(15)14-19(2)17-11-5-4-6-12-17/h4-12,18H,3,13-14H2,1-2H3. The van der Waals surface area contributed by atoms with Crippen LogP contribution in [0.25, 0.3) is 0 Å². The van der Waals surface area contributed by atoms with Gasteiger partial charge in [-0.2, -0.15) is 0 Å². The summed E-state index contributed by atoms with van der Waals surface area (Å²) in [5.74, 6) is 0. The topological polar surface area (TPSA) is 15.3 Å². The quantitative estimate of drug-likeness (QED) is 0.849. The molecule has 0 fully saturated rings. The van der Waals surface area contributed by atoms with Crippen molar-refractivity contribution in [3.63, 3.8) is 0 Å². The third-order valence-electron chi connectivity index (χ3n) is 3.29. The number of rotatable bonds is 6. The monoisotopic (exact) mass is 254 g/mol. The number of hydrogen-bond donors (Lipinski definition) is 1. The lowest BCUT2D eigenvalue weighted by Gasteiger charge is -2.21. The highest BCUT2D eigenvalue weighted by molar-refractivity contribution is 5.46. The first-order valence-electron chi connectivity index (χ1n) is 6.85. The molecule has 0 aliphatic carbocycles. The molecule has 19 heavy (non-hydrogen) atoms. The summed E-state index contributed by atoms with van der Waals surface area (Å²) in [4.78, 5) is 2.28. The summed E-state index contributed by atoms with van der Waals surface area (Å²) in [5, 5.41) is 3.40. The number of para-hydroxylation sites is 1. The highest BCUT2D eigenvalue weighted by atomic mass is 15.1. The molecule has 0 unspecified atom stereocenters. The van der Waals surface area contributed by atoms with E-state index >= 15 is 0 Å². The van der Waals surface area contributed by atoms with Crippen LogP contribution in [0.4, 0.5) is 5.69 Å². The van der Waals surface area contributed by atoms with Gasteiger partial charge in [0.05, 0.1) is 0 Å². The largest absolute Gasteiger partial charge is 0.370 e. The summed E-state index contributed by atoms with van der Waals surface area (Å²) in [6.45, 7) is 5.02. The number of nitrogens with zero attached hydrogens (tertiary/aromatic N) is 1. The highest BCUT2D eigenvalue weighted by Gasteiger charge is 2.05. The van der Waals surface area contributed by atoms with Gasteiger partial charge in [-0.3, -0.25) is 0 Å². The van der Waals surface area contributed by atoms with Crippen LogP contribution < -0.4 is 10.2 Å². The minimum Gasteiger partial charge on any atom is -0.370 e. The van der Waals surface area contributed by atoms with Crippen LogP contribution in [0.2, 0.25) is 0 Å². The molecule has 0 radical (unpaired) electrons. The molecule has 100 valence electrons. The minimum absolute atomic E-state index is 0.936. The molecule has 0 aromatic heterocycles. The predicted octanol–water partition coefficient (Wildman–Crippen LogP) is 3.43. The molecule has 2 rings (SSSR count). The molecule has 0 bridgehead atoms. The van der Waals surface area contributed by atoms with Gasteiger partial charge in [0.15, 0.2) is 0 Å². The first-order chi connectivity index (χ1) is 9.31. The van der Waals surface area contributed by atoms with Crippen LogP contribution >= 0.6 is 0 Å². The summed E-state index contributed by atoms with van der Waals surface area (Å²) < 4.78 is 0. The van der Waals surface area contributed by atoms with Crippen LogP contribution in [0.5, 0.6) is 0 Å². The SMILES string of the molecule is CCNCc1ccccc1CN(C)c1ccccc1. The molecular formula is C17H22N2. The second-order valence-electron chi connectivity index (χ2n) is 4.74. The number of hydrogen-bond acceptors (Lipinski definition) is 2. The Bertz CT molecular complexity index is 494. The zero-order valence-electron chi connectivity index (χ0n) is 11.8. The van der Waals surface area contributed by atoms with Gasteiger partial charge in [-0.25, -0.2) is 0 Å². The van der Waals surface area contributed by atoms with Gasteiger partial charge in [-0.05, 0) is 29.8 Å². The van der Waals surface area contributed by atoms with Gasteiger partial charge in [-0.1, -0.05) is 49.4 Å². The zero-order chi connectivity index (χ0) is 13.5. The van der Waals surface area contributed by atoms with Crippen molar-refractivity contribution in [3.8, 4) is 0 Å². The Morgan fingerprint density at radius 2 is 1.53 bits per heavy atom. The number of benzene rings is 2. The van der Waals surface area contributed by atoms with E-state index in [0.717, 1.165) is 19.6 Å². The number of nitrogens with one attached hydrogen (secondary N) is 1. The summed E-state index contributed by atoms with van der Waals surface area (Å²) in [5.41, 5.74) is 4.02. The van der Waals surface area contributed by atoms with Gasteiger partial charge in [0.1, 0.15) is 0 Å². The predicted molar refractivity (Wildman–Crippen MR) is 82.4 cm³/mol. The molecule has 0 amide bonds. The lowest BCUT2D eigenvalue weighted by Crippen LogP contribution is -2.19. The summed E-state index contributed by atoms with van der Waals surface area (Å²) in [6, 6.07) is 19.1. The second-order valence-corrected chi connectivity index (χ2v) is 4.74. The van der Waals surface area contributed by atoms with Crippen molar-refractivity contribution in [1.82, 2.24) is 5.32 Å². The molecule has 0 spiro atoms. The zero-order valence-corrected chi connectivity index (χ0v) is 11.8. The Kier molecular flexibility index (Phi) is 4.99. The first kappa shape index (κ1) is 13.6.